The maximum atomic E-state index is 12.1. The van der Waals surface area contributed by atoms with Gasteiger partial charge in [0, 0.05) is 45.3 Å². The molecular weight excluding hydrogens is 362 g/mol. The van der Waals surface area contributed by atoms with E-state index in [4.69, 9.17) is 0 Å². The fraction of sp³-hybridized carbons (Fsp3) is 0.652. The maximum Gasteiger partial charge on any atom is 0.253 e. The van der Waals surface area contributed by atoms with Crippen molar-refractivity contribution in [3.05, 3.63) is 35.4 Å². The molecule has 2 N–H and O–H groups in total. The zero-order chi connectivity index (χ0) is 21.4. The summed E-state index contributed by atoms with van der Waals surface area (Å²) in [5.41, 5.74) is 2.07. The minimum absolute atomic E-state index is 0.0352. The number of hydrogen-bond donors (Lipinski definition) is 2. The second-order valence-corrected chi connectivity index (χ2v) is 8.82. The average molecular weight is 402 g/mol. The van der Waals surface area contributed by atoms with Gasteiger partial charge in [0.25, 0.3) is 5.91 Å². The van der Waals surface area contributed by atoms with Crippen LogP contribution in [0.4, 0.5) is 0 Å². The molecule has 0 spiro atoms. The van der Waals surface area contributed by atoms with Gasteiger partial charge in [0.2, 0.25) is 0 Å². The van der Waals surface area contributed by atoms with Gasteiger partial charge in [-0.05, 0) is 57.0 Å². The van der Waals surface area contributed by atoms with Crippen LogP contribution in [-0.4, -0.2) is 75.5 Å². The van der Waals surface area contributed by atoms with E-state index in [-0.39, 0.29) is 11.4 Å². The fourth-order valence-electron chi connectivity index (χ4n) is 4.27. The normalized spacial score (nSPS) is 22.4. The van der Waals surface area contributed by atoms with E-state index in [0.717, 1.165) is 42.5 Å². The summed E-state index contributed by atoms with van der Waals surface area (Å²) in [5, 5.41) is 6.97. The van der Waals surface area contributed by atoms with Crippen molar-refractivity contribution in [3.8, 4) is 0 Å². The van der Waals surface area contributed by atoms with Crippen molar-refractivity contribution in [1.82, 2.24) is 20.4 Å². The number of nitrogens with one attached hydrogen (secondary N) is 2. The molecule has 1 aliphatic rings. The van der Waals surface area contributed by atoms with Crippen molar-refractivity contribution >= 4 is 11.9 Å². The molecule has 2 rings (SSSR count). The number of likely N-dealkylation sites (N-methyl/N-ethyl adjacent to an activating group) is 1. The first-order valence-corrected chi connectivity index (χ1v) is 10.7. The van der Waals surface area contributed by atoms with E-state index in [1.54, 1.807) is 19.0 Å². The monoisotopic (exact) mass is 401 g/mol. The molecule has 1 aliphatic carbocycles. The lowest BCUT2D eigenvalue weighted by molar-refractivity contribution is 0.0795. The third-order valence-corrected chi connectivity index (χ3v) is 6.11. The number of guanidine groups is 1. The molecular formula is C23H39N5O. The Kier molecular flexibility index (Phi) is 8.50. The lowest BCUT2D eigenvalue weighted by Crippen LogP contribution is -2.56. The first kappa shape index (κ1) is 23.2. The Hall–Kier alpha value is -2.08. The number of nitrogens with zero attached hydrogens (tertiary/aromatic N) is 3. The summed E-state index contributed by atoms with van der Waals surface area (Å²) in [6.07, 6.45) is 5.90. The van der Waals surface area contributed by atoms with Crippen LogP contribution >= 0.6 is 0 Å². The molecule has 162 valence electrons. The Morgan fingerprint density at radius 2 is 2.00 bits per heavy atom. The zero-order valence-electron chi connectivity index (χ0n) is 19.1. The third-order valence-electron chi connectivity index (χ3n) is 6.11. The molecule has 0 heterocycles. The molecule has 1 amide bonds. The van der Waals surface area contributed by atoms with Gasteiger partial charge >= 0.3 is 0 Å². The smallest absolute Gasteiger partial charge is 0.253 e. The molecule has 1 aromatic carbocycles. The summed E-state index contributed by atoms with van der Waals surface area (Å²) in [6.45, 7) is 4.03. The van der Waals surface area contributed by atoms with Gasteiger partial charge in [0.1, 0.15) is 0 Å². The van der Waals surface area contributed by atoms with E-state index in [1.807, 2.05) is 25.2 Å². The molecule has 0 aromatic heterocycles. The van der Waals surface area contributed by atoms with Gasteiger partial charge in [0.15, 0.2) is 5.96 Å². The molecule has 6 heteroatoms. The summed E-state index contributed by atoms with van der Waals surface area (Å²) < 4.78 is 0. The minimum atomic E-state index is 0.0352. The van der Waals surface area contributed by atoms with Crippen LogP contribution in [0.15, 0.2) is 29.3 Å². The van der Waals surface area contributed by atoms with Gasteiger partial charge in [0.05, 0.1) is 0 Å². The SMILES string of the molecule is CN=C(NCCc1cccc(C(=O)N(C)C)c1)NCC1(N(C)C)CCCC(C)C1. The highest BCUT2D eigenvalue weighted by Gasteiger charge is 2.36. The Labute approximate surface area is 176 Å². The van der Waals surface area contributed by atoms with Gasteiger partial charge < -0.3 is 20.4 Å². The highest BCUT2D eigenvalue weighted by atomic mass is 16.2. The fourth-order valence-corrected chi connectivity index (χ4v) is 4.27. The van der Waals surface area contributed by atoms with Crippen molar-refractivity contribution in [2.75, 3.05) is 48.3 Å². The van der Waals surface area contributed by atoms with Gasteiger partial charge in [-0.2, -0.15) is 0 Å². The zero-order valence-corrected chi connectivity index (χ0v) is 19.1. The standard InChI is InChI=1S/C23H39N5O/c1-18-9-8-13-23(16-18,28(5)6)17-26-22(24-2)25-14-12-19-10-7-11-20(15-19)21(29)27(3)4/h7,10-11,15,18H,8-9,12-14,16-17H2,1-6H3,(H2,24,25,26). The Morgan fingerprint density at radius 1 is 1.24 bits per heavy atom. The van der Waals surface area contributed by atoms with Crippen LogP contribution < -0.4 is 10.6 Å². The first-order chi connectivity index (χ1) is 13.8. The Morgan fingerprint density at radius 3 is 2.62 bits per heavy atom. The highest BCUT2D eigenvalue weighted by molar-refractivity contribution is 5.94. The van der Waals surface area contributed by atoms with E-state index in [9.17, 15) is 4.79 Å². The maximum absolute atomic E-state index is 12.1. The second kappa shape index (κ2) is 10.6. The van der Waals surface area contributed by atoms with Crippen molar-refractivity contribution in [2.24, 2.45) is 10.9 Å². The predicted molar refractivity (Wildman–Crippen MR) is 122 cm³/mol. The molecule has 29 heavy (non-hydrogen) atoms. The summed E-state index contributed by atoms with van der Waals surface area (Å²) >= 11 is 0. The van der Waals surface area contributed by atoms with Gasteiger partial charge in [-0.3, -0.25) is 9.79 Å². The lowest BCUT2D eigenvalue weighted by Gasteiger charge is -2.45. The Balaban J connectivity index is 1.88. The van der Waals surface area contributed by atoms with Crippen molar-refractivity contribution in [3.63, 3.8) is 0 Å². The van der Waals surface area contributed by atoms with Gasteiger partial charge in [-0.15, -0.1) is 0 Å². The second-order valence-electron chi connectivity index (χ2n) is 8.82. The van der Waals surface area contributed by atoms with E-state index >= 15 is 0 Å². The number of carbonyl (C=O) groups excluding carboxylic acids is 1. The number of rotatable bonds is 7. The third kappa shape index (κ3) is 6.46. The van der Waals surface area contributed by atoms with E-state index in [2.05, 4.69) is 47.6 Å². The molecule has 6 nitrogen and oxygen atoms in total. The average Bonchev–Trinajstić information content (AvgIpc) is 2.70. The molecule has 0 aliphatic heterocycles. The van der Waals surface area contributed by atoms with E-state index in [1.165, 1.54) is 25.7 Å². The molecule has 0 saturated heterocycles. The van der Waals surface area contributed by atoms with Crippen molar-refractivity contribution in [1.29, 1.82) is 0 Å². The van der Waals surface area contributed by atoms with Crippen molar-refractivity contribution in [2.45, 2.75) is 44.6 Å². The number of carbonyl (C=O) groups is 1. The summed E-state index contributed by atoms with van der Waals surface area (Å²) in [4.78, 5) is 20.5. The minimum Gasteiger partial charge on any atom is -0.356 e. The van der Waals surface area contributed by atoms with E-state index < -0.39 is 0 Å². The Bertz CT molecular complexity index is 700. The van der Waals surface area contributed by atoms with Crippen LogP contribution in [0.3, 0.4) is 0 Å². The summed E-state index contributed by atoms with van der Waals surface area (Å²) in [5.74, 6) is 1.64. The molecule has 1 saturated carbocycles. The summed E-state index contributed by atoms with van der Waals surface area (Å²) in [6, 6.07) is 7.86. The first-order valence-electron chi connectivity index (χ1n) is 10.7. The molecule has 2 atom stereocenters. The molecule has 2 unspecified atom stereocenters. The number of amides is 1. The van der Waals surface area contributed by atoms with Gasteiger partial charge in [-0.1, -0.05) is 31.9 Å². The number of benzene rings is 1. The van der Waals surface area contributed by atoms with Crippen LogP contribution in [-0.2, 0) is 6.42 Å². The van der Waals surface area contributed by atoms with Crippen LogP contribution in [0, 0.1) is 5.92 Å². The molecule has 0 radical (unpaired) electrons. The molecule has 1 aromatic rings. The van der Waals surface area contributed by atoms with Crippen molar-refractivity contribution < 1.29 is 4.79 Å². The van der Waals surface area contributed by atoms with Crippen LogP contribution in [0.1, 0.15) is 48.5 Å². The highest BCUT2D eigenvalue weighted by Crippen LogP contribution is 2.35. The largest absolute Gasteiger partial charge is 0.356 e. The van der Waals surface area contributed by atoms with Crippen LogP contribution in [0.5, 0.6) is 0 Å². The van der Waals surface area contributed by atoms with E-state index in [0.29, 0.717) is 0 Å². The lowest BCUT2D eigenvalue weighted by atomic mass is 9.75. The van der Waals surface area contributed by atoms with Crippen LogP contribution in [0.25, 0.3) is 0 Å². The number of hydrogen-bond acceptors (Lipinski definition) is 3. The topological polar surface area (TPSA) is 60.0 Å². The predicted octanol–water partition coefficient (Wildman–Crippen LogP) is 2.61. The number of aliphatic imine (C=N–C) groups is 1. The molecule has 0 bridgehead atoms. The molecule has 1 fully saturated rings. The van der Waals surface area contributed by atoms with Crippen LogP contribution in [0.2, 0.25) is 0 Å². The quantitative estimate of drug-likeness (QED) is 0.545. The van der Waals surface area contributed by atoms with Gasteiger partial charge in [-0.25, -0.2) is 0 Å². The summed E-state index contributed by atoms with van der Waals surface area (Å²) in [7, 11) is 9.76.